The van der Waals surface area contributed by atoms with Gasteiger partial charge in [-0.05, 0) is 43.3 Å². The third-order valence-electron chi connectivity index (χ3n) is 5.63. The molecule has 0 aliphatic carbocycles. The van der Waals surface area contributed by atoms with Crippen LogP contribution in [0.4, 0.5) is 14.5 Å². The second-order valence-corrected chi connectivity index (χ2v) is 10.5. The predicted octanol–water partition coefficient (Wildman–Crippen LogP) is 2.29. The number of hydrogen-bond acceptors (Lipinski definition) is 5. The lowest BCUT2D eigenvalue weighted by molar-refractivity contribution is -0.118. The van der Waals surface area contributed by atoms with Crippen LogP contribution in [-0.4, -0.2) is 68.7 Å². The molecule has 184 valence electrons. The Bertz CT molecular complexity index is 1150. The molecule has 1 fully saturated rings. The van der Waals surface area contributed by atoms with Gasteiger partial charge in [-0.2, -0.15) is 4.31 Å². The topological polar surface area (TPSA) is 98.8 Å². The highest BCUT2D eigenvalue weighted by Crippen LogP contribution is 2.21. The fourth-order valence-corrected chi connectivity index (χ4v) is 5.06. The van der Waals surface area contributed by atoms with Crippen molar-refractivity contribution in [2.45, 2.75) is 24.8 Å². The van der Waals surface area contributed by atoms with Crippen LogP contribution in [0.25, 0.3) is 0 Å². The number of nitrogens with one attached hydrogen (secondary N) is 2. The van der Waals surface area contributed by atoms with Crippen LogP contribution in [0.2, 0.25) is 0 Å². The summed E-state index contributed by atoms with van der Waals surface area (Å²) in [5.74, 6) is -4.20. The highest BCUT2D eigenvalue weighted by Gasteiger charge is 2.29. The van der Waals surface area contributed by atoms with Crippen molar-refractivity contribution in [2.75, 3.05) is 38.5 Å². The van der Waals surface area contributed by atoms with Gasteiger partial charge in [0.2, 0.25) is 15.9 Å². The summed E-state index contributed by atoms with van der Waals surface area (Å²) in [6, 6.07) is 7.76. The molecule has 11 heteroatoms. The molecule has 1 atom stereocenters. The molecule has 1 saturated heterocycles. The number of rotatable bonds is 7. The molecule has 2 aromatic carbocycles. The number of hydrogen-bond donors (Lipinski definition) is 2. The molecule has 1 aliphatic rings. The van der Waals surface area contributed by atoms with Crippen LogP contribution in [0.15, 0.2) is 47.4 Å². The second-order valence-electron chi connectivity index (χ2n) is 8.52. The lowest BCUT2D eigenvalue weighted by Gasteiger charge is -2.31. The van der Waals surface area contributed by atoms with Crippen LogP contribution in [0.5, 0.6) is 0 Å². The van der Waals surface area contributed by atoms with Crippen molar-refractivity contribution in [3.8, 4) is 0 Å². The van der Waals surface area contributed by atoms with Gasteiger partial charge < -0.3 is 15.5 Å². The Morgan fingerprint density at radius 3 is 2.15 bits per heavy atom. The van der Waals surface area contributed by atoms with Crippen LogP contribution in [0.3, 0.4) is 0 Å². The van der Waals surface area contributed by atoms with Gasteiger partial charge in [0, 0.05) is 31.9 Å². The minimum absolute atomic E-state index is 0.0356. The largest absolute Gasteiger partial charge is 0.340 e. The first-order chi connectivity index (χ1) is 16.0. The van der Waals surface area contributed by atoms with Gasteiger partial charge in [0.15, 0.2) is 0 Å². The van der Waals surface area contributed by atoms with E-state index >= 15 is 0 Å². The molecule has 34 heavy (non-hydrogen) atoms. The minimum atomic E-state index is -3.74. The van der Waals surface area contributed by atoms with E-state index in [-0.39, 0.29) is 10.6 Å². The molecule has 2 amide bonds. The number of anilines is 1. The summed E-state index contributed by atoms with van der Waals surface area (Å²) in [4.78, 5) is 27.5. The highest BCUT2D eigenvalue weighted by molar-refractivity contribution is 7.89. The van der Waals surface area contributed by atoms with Crippen molar-refractivity contribution in [3.63, 3.8) is 0 Å². The summed E-state index contributed by atoms with van der Waals surface area (Å²) in [5, 5.41) is 4.97. The number of likely N-dealkylation sites (N-methyl/N-ethyl adjacent to an activating group) is 1. The van der Waals surface area contributed by atoms with E-state index < -0.39 is 51.0 Å². The first-order valence-corrected chi connectivity index (χ1v) is 12.3. The fraction of sp³-hybridized carbons (Fsp3) is 0.391. The van der Waals surface area contributed by atoms with Crippen LogP contribution < -0.4 is 10.6 Å². The van der Waals surface area contributed by atoms with Gasteiger partial charge in [-0.1, -0.05) is 26.0 Å². The Balaban J connectivity index is 1.76. The van der Waals surface area contributed by atoms with Gasteiger partial charge in [0.1, 0.15) is 23.2 Å². The molecule has 0 unspecified atom stereocenters. The Morgan fingerprint density at radius 1 is 0.971 bits per heavy atom. The molecule has 8 nitrogen and oxygen atoms in total. The molecule has 2 N–H and O–H groups in total. The standard InChI is InChI=1S/C23H28F2N4O4S/c1-15(2)21(27-22(30)20-18(24)8-5-9-19(20)25)23(31)26-16-6-4-7-17(14-16)34(32,33)29-12-10-28(3)11-13-29/h4-9,14-15,21H,10-13H2,1-3H3,(H,26,31)(H,27,30)/t21-/m0/s1. The average molecular weight is 495 g/mol. The molecular formula is C23H28F2N4O4S. The summed E-state index contributed by atoms with van der Waals surface area (Å²) < 4.78 is 55.3. The number of nitrogens with zero attached hydrogens (tertiary/aromatic N) is 2. The van der Waals surface area contributed by atoms with Crippen molar-refractivity contribution in [1.29, 1.82) is 0 Å². The van der Waals surface area contributed by atoms with E-state index in [2.05, 4.69) is 10.6 Å². The van der Waals surface area contributed by atoms with Crippen molar-refractivity contribution in [2.24, 2.45) is 5.92 Å². The zero-order valence-electron chi connectivity index (χ0n) is 19.2. The molecule has 2 aromatic rings. The van der Waals surface area contributed by atoms with Crippen LogP contribution >= 0.6 is 0 Å². The molecule has 0 spiro atoms. The summed E-state index contributed by atoms with van der Waals surface area (Å²) in [5.41, 5.74) is -0.557. The molecule has 3 rings (SSSR count). The molecule has 0 bridgehead atoms. The lowest BCUT2D eigenvalue weighted by atomic mass is 10.0. The van der Waals surface area contributed by atoms with Gasteiger partial charge in [-0.15, -0.1) is 0 Å². The predicted molar refractivity (Wildman–Crippen MR) is 124 cm³/mol. The van der Waals surface area contributed by atoms with E-state index in [1.807, 2.05) is 11.9 Å². The minimum Gasteiger partial charge on any atom is -0.340 e. The van der Waals surface area contributed by atoms with Crippen LogP contribution in [0, 0.1) is 17.6 Å². The molecular weight excluding hydrogens is 466 g/mol. The van der Waals surface area contributed by atoms with Crippen LogP contribution in [-0.2, 0) is 14.8 Å². The summed E-state index contributed by atoms with van der Waals surface area (Å²) in [6.45, 7) is 5.29. The number of benzene rings is 2. The highest BCUT2D eigenvalue weighted by atomic mass is 32.2. The monoisotopic (exact) mass is 494 g/mol. The van der Waals surface area contributed by atoms with E-state index in [1.54, 1.807) is 13.8 Å². The number of carbonyl (C=O) groups is 2. The maximum atomic E-state index is 14.0. The molecule has 0 saturated carbocycles. The third kappa shape index (κ3) is 5.78. The Kier molecular flexibility index (Phi) is 8.01. The summed E-state index contributed by atoms with van der Waals surface area (Å²) in [7, 11) is -1.82. The van der Waals surface area contributed by atoms with Crippen molar-refractivity contribution < 1.29 is 26.8 Å². The van der Waals surface area contributed by atoms with E-state index in [9.17, 15) is 26.8 Å². The number of piperazine rings is 1. The Labute approximate surface area is 198 Å². The quantitative estimate of drug-likeness (QED) is 0.616. The van der Waals surface area contributed by atoms with Crippen LogP contribution in [0.1, 0.15) is 24.2 Å². The van der Waals surface area contributed by atoms with Gasteiger partial charge in [0.05, 0.1) is 4.90 Å². The lowest BCUT2D eigenvalue weighted by Crippen LogP contribution is -2.47. The fourth-order valence-electron chi connectivity index (χ4n) is 3.59. The van der Waals surface area contributed by atoms with E-state index in [0.717, 1.165) is 18.2 Å². The maximum Gasteiger partial charge on any atom is 0.257 e. The normalized spacial score (nSPS) is 16.3. The van der Waals surface area contributed by atoms with Gasteiger partial charge >= 0.3 is 0 Å². The Morgan fingerprint density at radius 2 is 1.56 bits per heavy atom. The van der Waals surface area contributed by atoms with Gasteiger partial charge in [0.25, 0.3) is 5.91 Å². The first-order valence-electron chi connectivity index (χ1n) is 10.8. The number of carbonyl (C=O) groups excluding carboxylic acids is 2. The SMILES string of the molecule is CC(C)[C@H](NC(=O)c1c(F)cccc1F)C(=O)Nc1cccc(S(=O)(=O)N2CCN(C)CC2)c1. The molecule has 0 aromatic heterocycles. The summed E-state index contributed by atoms with van der Waals surface area (Å²) >= 11 is 0. The van der Waals surface area contributed by atoms with Gasteiger partial charge in [-0.25, -0.2) is 17.2 Å². The third-order valence-corrected chi connectivity index (χ3v) is 7.52. The Hall–Kier alpha value is -2.89. The number of amides is 2. The van der Waals surface area contributed by atoms with Crippen molar-refractivity contribution >= 4 is 27.5 Å². The smallest absolute Gasteiger partial charge is 0.257 e. The van der Waals surface area contributed by atoms with Crippen molar-refractivity contribution in [3.05, 3.63) is 59.7 Å². The maximum absolute atomic E-state index is 14.0. The summed E-state index contributed by atoms with van der Waals surface area (Å²) in [6.07, 6.45) is 0. The van der Waals surface area contributed by atoms with Crippen molar-refractivity contribution in [1.82, 2.24) is 14.5 Å². The first kappa shape index (κ1) is 25.7. The zero-order chi connectivity index (χ0) is 25.0. The van der Waals surface area contributed by atoms with E-state index in [0.29, 0.717) is 26.2 Å². The van der Waals surface area contributed by atoms with E-state index in [1.165, 1.54) is 28.6 Å². The average Bonchev–Trinajstić information content (AvgIpc) is 2.77. The second kappa shape index (κ2) is 10.6. The molecule has 1 heterocycles. The molecule has 0 radical (unpaired) electrons. The molecule has 1 aliphatic heterocycles. The zero-order valence-corrected chi connectivity index (χ0v) is 20.0. The number of sulfonamides is 1. The number of halogens is 2. The van der Waals surface area contributed by atoms with Gasteiger partial charge in [-0.3, -0.25) is 9.59 Å². The van der Waals surface area contributed by atoms with E-state index in [4.69, 9.17) is 0 Å².